The molecule has 2 saturated heterocycles. The van der Waals surface area contributed by atoms with Crippen LogP contribution < -0.4 is 10.6 Å². The Morgan fingerprint density at radius 3 is 2.32 bits per heavy atom. The number of halogens is 1. The molecule has 2 rings (SSSR count). The van der Waals surface area contributed by atoms with Gasteiger partial charge in [-0.15, -0.1) is 24.0 Å². The molecule has 7 nitrogen and oxygen atoms in total. The van der Waals surface area contributed by atoms with Gasteiger partial charge in [-0.3, -0.25) is 4.99 Å². The van der Waals surface area contributed by atoms with Crippen LogP contribution in [0.4, 0.5) is 4.79 Å². The first-order valence-electron chi connectivity index (χ1n) is 10.8. The van der Waals surface area contributed by atoms with Crippen LogP contribution in [0.25, 0.3) is 0 Å². The van der Waals surface area contributed by atoms with Crippen molar-refractivity contribution in [3.8, 4) is 0 Å². The lowest BCUT2D eigenvalue weighted by Gasteiger charge is -2.32. The van der Waals surface area contributed by atoms with Crippen LogP contribution in [0.2, 0.25) is 0 Å². The number of aliphatic imine (C=N–C) groups is 1. The highest BCUT2D eigenvalue weighted by molar-refractivity contribution is 14.0. The van der Waals surface area contributed by atoms with Crippen molar-refractivity contribution in [2.75, 3.05) is 52.4 Å². The Kier molecular flexibility index (Phi) is 12.9. The van der Waals surface area contributed by atoms with Crippen LogP contribution in [0.3, 0.4) is 0 Å². The van der Waals surface area contributed by atoms with E-state index < -0.39 is 0 Å². The average Bonchev–Trinajstić information content (AvgIpc) is 2.69. The van der Waals surface area contributed by atoms with Crippen LogP contribution in [-0.2, 0) is 4.74 Å². The van der Waals surface area contributed by atoms with Gasteiger partial charge in [0.15, 0.2) is 5.96 Å². The summed E-state index contributed by atoms with van der Waals surface area (Å²) in [5.41, 5.74) is 0. The van der Waals surface area contributed by atoms with Crippen LogP contribution in [0.15, 0.2) is 4.99 Å². The lowest BCUT2D eigenvalue weighted by molar-refractivity contribution is 0.0963. The largest absolute Gasteiger partial charge is 0.450 e. The lowest BCUT2D eigenvalue weighted by atomic mass is 9.94. The average molecular weight is 509 g/mol. The molecule has 0 aromatic heterocycles. The van der Waals surface area contributed by atoms with Crippen LogP contribution in [0.5, 0.6) is 0 Å². The van der Waals surface area contributed by atoms with E-state index in [1.807, 2.05) is 6.92 Å². The van der Waals surface area contributed by atoms with Crippen molar-refractivity contribution in [2.45, 2.75) is 58.9 Å². The van der Waals surface area contributed by atoms with Crippen LogP contribution in [0, 0.1) is 5.92 Å². The molecular formula is C20H40IN5O2. The van der Waals surface area contributed by atoms with Gasteiger partial charge in [0.05, 0.1) is 6.61 Å². The topological polar surface area (TPSA) is 69.2 Å². The van der Waals surface area contributed by atoms with E-state index in [1.165, 1.54) is 38.9 Å². The molecule has 0 bridgehead atoms. The molecule has 2 heterocycles. The molecule has 1 amide bonds. The van der Waals surface area contributed by atoms with Gasteiger partial charge in [0, 0.05) is 32.2 Å². The van der Waals surface area contributed by atoms with Crippen molar-refractivity contribution in [2.24, 2.45) is 10.9 Å². The predicted molar refractivity (Wildman–Crippen MR) is 126 cm³/mol. The third-order valence-electron chi connectivity index (χ3n) is 5.67. The number of carbonyl (C=O) groups is 1. The van der Waals surface area contributed by atoms with Gasteiger partial charge in [-0.2, -0.15) is 0 Å². The highest BCUT2D eigenvalue weighted by Gasteiger charge is 2.24. The zero-order valence-corrected chi connectivity index (χ0v) is 20.2. The molecule has 0 radical (unpaired) electrons. The molecule has 28 heavy (non-hydrogen) atoms. The normalized spacial score (nSPS) is 19.8. The Hall–Kier alpha value is -0.770. The maximum absolute atomic E-state index is 11.8. The minimum absolute atomic E-state index is 0. The molecule has 2 aliphatic rings. The maximum Gasteiger partial charge on any atom is 0.409 e. The van der Waals surface area contributed by atoms with Crippen molar-refractivity contribution in [3.05, 3.63) is 0 Å². The molecule has 0 aliphatic carbocycles. The van der Waals surface area contributed by atoms with E-state index in [9.17, 15) is 4.79 Å². The number of likely N-dealkylation sites (tertiary alicyclic amines) is 2. The number of carbonyl (C=O) groups excluding carboxylic acids is 1. The van der Waals surface area contributed by atoms with Crippen LogP contribution in [0.1, 0.15) is 52.9 Å². The molecule has 0 atom stereocenters. The second-order valence-electron chi connectivity index (χ2n) is 7.53. The summed E-state index contributed by atoms with van der Waals surface area (Å²) in [7, 11) is 0. The van der Waals surface area contributed by atoms with E-state index in [0.29, 0.717) is 12.6 Å². The van der Waals surface area contributed by atoms with E-state index in [1.54, 1.807) is 4.90 Å². The lowest BCUT2D eigenvalue weighted by Crippen LogP contribution is -2.50. The van der Waals surface area contributed by atoms with Gasteiger partial charge in [-0.25, -0.2) is 4.79 Å². The first-order chi connectivity index (χ1) is 13.2. The van der Waals surface area contributed by atoms with Crippen LogP contribution in [-0.4, -0.2) is 80.3 Å². The molecule has 0 spiro atoms. The van der Waals surface area contributed by atoms with Gasteiger partial charge in [-0.1, -0.05) is 6.92 Å². The molecule has 2 aliphatic heterocycles. The Bertz CT molecular complexity index is 462. The standard InChI is InChI=1S/C20H39N5O2.HI/c1-4-21-19(22-12-7-17-8-13-24(5-2)14-9-17)23-18-10-15-25(16-11-18)20(26)27-6-3;/h17-18H,4-16H2,1-3H3,(H2,21,22,23);1H. The fraction of sp³-hybridized carbons (Fsp3) is 0.900. The Balaban J connectivity index is 0.00000392. The Labute approximate surface area is 188 Å². The van der Waals surface area contributed by atoms with Crippen molar-refractivity contribution in [1.82, 2.24) is 20.4 Å². The van der Waals surface area contributed by atoms with E-state index in [2.05, 4.69) is 29.4 Å². The van der Waals surface area contributed by atoms with E-state index in [0.717, 1.165) is 50.9 Å². The molecular weight excluding hydrogens is 469 g/mol. The number of guanidine groups is 1. The van der Waals surface area contributed by atoms with Crippen LogP contribution >= 0.6 is 24.0 Å². The third kappa shape index (κ3) is 8.71. The fourth-order valence-electron chi connectivity index (χ4n) is 3.88. The molecule has 0 unspecified atom stereocenters. The SMILES string of the molecule is CCNC(=NCCC1CCN(CC)CC1)NC1CCN(C(=O)OCC)CC1.I. The number of nitrogens with one attached hydrogen (secondary N) is 2. The number of nitrogens with zero attached hydrogens (tertiary/aromatic N) is 3. The highest BCUT2D eigenvalue weighted by Crippen LogP contribution is 2.20. The maximum atomic E-state index is 11.8. The molecule has 0 aromatic rings. The zero-order valence-electron chi connectivity index (χ0n) is 17.9. The number of hydrogen-bond acceptors (Lipinski definition) is 4. The number of rotatable bonds is 7. The smallest absolute Gasteiger partial charge is 0.409 e. The quantitative estimate of drug-likeness (QED) is 0.314. The number of piperidine rings is 2. The van der Waals surface area contributed by atoms with Crippen molar-refractivity contribution in [3.63, 3.8) is 0 Å². The summed E-state index contributed by atoms with van der Waals surface area (Å²) in [6.07, 6.45) is 5.46. The molecule has 8 heteroatoms. The third-order valence-corrected chi connectivity index (χ3v) is 5.67. The molecule has 0 aromatic carbocycles. The van der Waals surface area contributed by atoms with Crippen molar-refractivity contribution in [1.29, 1.82) is 0 Å². The number of hydrogen-bond donors (Lipinski definition) is 2. The monoisotopic (exact) mass is 509 g/mol. The van der Waals surface area contributed by atoms with Gasteiger partial charge in [0.1, 0.15) is 0 Å². The summed E-state index contributed by atoms with van der Waals surface area (Å²) in [5, 5.41) is 6.92. The second-order valence-corrected chi connectivity index (χ2v) is 7.53. The summed E-state index contributed by atoms with van der Waals surface area (Å²) in [6.45, 7) is 13.5. The molecule has 0 saturated carbocycles. The zero-order chi connectivity index (χ0) is 19.5. The second kappa shape index (κ2) is 14.3. The van der Waals surface area contributed by atoms with E-state index in [-0.39, 0.29) is 30.1 Å². The van der Waals surface area contributed by atoms with Crippen molar-refractivity contribution >= 4 is 36.0 Å². The minimum atomic E-state index is -0.189. The first kappa shape index (κ1) is 25.3. The molecule has 2 N–H and O–H groups in total. The minimum Gasteiger partial charge on any atom is -0.450 e. The molecule has 2 fully saturated rings. The number of amides is 1. The Morgan fingerprint density at radius 1 is 1.07 bits per heavy atom. The van der Waals surface area contributed by atoms with Gasteiger partial charge in [0.25, 0.3) is 0 Å². The van der Waals surface area contributed by atoms with Gasteiger partial charge in [-0.05, 0) is 71.5 Å². The predicted octanol–water partition coefficient (Wildman–Crippen LogP) is 2.90. The van der Waals surface area contributed by atoms with Crippen molar-refractivity contribution < 1.29 is 9.53 Å². The molecule has 164 valence electrons. The van der Waals surface area contributed by atoms with Gasteiger partial charge in [0.2, 0.25) is 0 Å². The van der Waals surface area contributed by atoms with E-state index in [4.69, 9.17) is 9.73 Å². The summed E-state index contributed by atoms with van der Waals surface area (Å²) in [6, 6.07) is 0.362. The first-order valence-corrected chi connectivity index (χ1v) is 10.8. The number of ether oxygens (including phenoxy) is 1. The highest BCUT2D eigenvalue weighted by atomic mass is 127. The summed E-state index contributed by atoms with van der Waals surface area (Å²) < 4.78 is 5.09. The summed E-state index contributed by atoms with van der Waals surface area (Å²) in [5.74, 6) is 1.73. The Morgan fingerprint density at radius 2 is 1.75 bits per heavy atom. The fourth-order valence-corrected chi connectivity index (χ4v) is 3.88. The summed E-state index contributed by atoms with van der Waals surface area (Å²) >= 11 is 0. The van der Waals surface area contributed by atoms with Gasteiger partial charge < -0.3 is 25.2 Å². The van der Waals surface area contributed by atoms with E-state index >= 15 is 0 Å². The summed E-state index contributed by atoms with van der Waals surface area (Å²) in [4.78, 5) is 20.9. The van der Waals surface area contributed by atoms with Gasteiger partial charge >= 0.3 is 6.09 Å².